The summed E-state index contributed by atoms with van der Waals surface area (Å²) in [6.45, 7) is 9.02. The Kier molecular flexibility index (Phi) is 17.9. The molecular weight excluding hydrogens is 1200 g/mol. The molecule has 0 aliphatic heterocycles. The van der Waals surface area contributed by atoms with Crippen LogP contribution in [0.2, 0.25) is 0 Å². The van der Waals surface area contributed by atoms with Crippen molar-refractivity contribution >= 4 is 37.1 Å². The molecule has 0 heterocycles. The normalized spacial score (nSPS) is 12.7. The van der Waals surface area contributed by atoms with Crippen LogP contribution in [0.15, 0.2) is 206 Å². The summed E-state index contributed by atoms with van der Waals surface area (Å²) in [7, 11) is -1.43. The molecule has 0 spiro atoms. The summed E-state index contributed by atoms with van der Waals surface area (Å²) in [6, 6.07) is 74.0. The van der Waals surface area contributed by atoms with E-state index in [0.29, 0.717) is 0 Å². The van der Waals surface area contributed by atoms with Gasteiger partial charge in [-0.3, -0.25) is 11.8 Å². The Balaban J connectivity index is 0.000000172. The largest absolute Gasteiger partial charge is 1.00 e. The van der Waals surface area contributed by atoms with Crippen molar-refractivity contribution in [1.82, 2.24) is 0 Å². The molecule has 2 aliphatic rings. The van der Waals surface area contributed by atoms with Crippen molar-refractivity contribution in [3.8, 4) is 34.1 Å². The molecule has 0 atom stereocenters. The molecule has 0 aromatic heterocycles. The fourth-order valence-electron chi connectivity index (χ4n) is 9.67. The van der Waals surface area contributed by atoms with Gasteiger partial charge in [0.05, 0.1) is 49.4 Å². The van der Waals surface area contributed by atoms with Crippen LogP contribution >= 0.6 is 15.8 Å². The van der Waals surface area contributed by atoms with Gasteiger partial charge in [-0.1, -0.05) is 161 Å². The molecule has 0 saturated carbocycles. The minimum Gasteiger partial charge on any atom is -0.366 e. The Hall–Kier alpha value is -4.78. The second kappa shape index (κ2) is 23.3. The zero-order valence-electron chi connectivity index (χ0n) is 38.1. The second-order valence-corrected chi connectivity index (χ2v) is 23.0. The molecule has 0 amide bonds. The molecule has 334 valence electrons. The van der Waals surface area contributed by atoms with Gasteiger partial charge in [-0.05, 0) is 106 Å². The first kappa shape index (κ1) is 50.6. The summed E-state index contributed by atoms with van der Waals surface area (Å²) in [5.74, 6) is 4.93. The fraction of sp³-hybridized carbons (Fsp3) is 0.161. The van der Waals surface area contributed by atoms with Gasteiger partial charge in [0.1, 0.15) is 0 Å². The summed E-state index contributed by atoms with van der Waals surface area (Å²) in [6.07, 6.45) is 19.7. The summed E-state index contributed by atoms with van der Waals surface area (Å²) in [5, 5.41) is 6.13. The predicted octanol–water partition coefficient (Wildman–Crippen LogP) is 13.4. The molecule has 8 aromatic rings. The van der Waals surface area contributed by atoms with E-state index in [-0.39, 0.29) is 55.6 Å². The number of hydrogen-bond donors (Lipinski definition) is 0. The van der Waals surface area contributed by atoms with Crippen LogP contribution in [0.3, 0.4) is 0 Å². The van der Waals surface area contributed by atoms with Crippen molar-refractivity contribution in [2.24, 2.45) is 0 Å². The number of rotatable bonds is 9. The maximum atomic E-state index is 7.24. The molecule has 4 heteroatoms. The van der Waals surface area contributed by atoms with Gasteiger partial charge >= 0.3 is 44.8 Å². The van der Waals surface area contributed by atoms with Crippen LogP contribution in [0.5, 0.6) is 0 Å². The average Bonchev–Trinajstić information content (AvgIpc) is 3.72. The first-order valence-corrected chi connectivity index (χ1v) is 25.9. The third-order valence-corrected chi connectivity index (χ3v) is 18.9. The predicted molar refractivity (Wildman–Crippen MR) is 280 cm³/mol. The van der Waals surface area contributed by atoms with E-state index in [1.54, 1.807) is 0 Å². The Morgan fingerprint density at radius 3 is 0.924 bits per heavy atom. The topological polar surface area (TPSA) is 0 Å². The van der Waals surface area contributed by atoms with Gasteiger partial charge in [-0.25, -0.2) is 0 Å². The molecule has 66 heavy (non-hydrogen) atoms. The fourth-order valence-corrected chi connectivity index (χ4v) is 15.1. The Morgan fingerprint density at radius 2 is 0.621 bits per heavy atom. The standard InChI is InChI=1S/C28H28P2.2C17H13.2Au/c1-5-15-25(16-6-1)29(26-17-7-2-8-18-26)23-13-14-24-30(27-19-9-3-10-20-27)28-21-11-4-12-22-28;2*1-4-12-9-10-16-14(11-12)13-7-5-6-8-15(13)17(16,2)3;;/h1-12,15-22H,13-14,23-24H2;2*5-11H,2-3H3;;/q;2*-1;2*+1/p+2. The van der Waals surface area contributed by atoms with E-state index in [0.717, 1.165) is 11.1 Å². The zero-order chi connectivity index (χ0) is 44.5. The smallest absolute Gasteiger partial charge is 0.366 e. The van der Waals surface area contributed by atoms with E-state index < -0.39 is 15.8 Å². The van der Waals surface area contributed by atoms with E-state index in [1.807, 2.05) is 12.1 Å². The van der Waals surface area contributed by atoms with Gasteiger partial charge < -0.3 is 12.8 Å². The minimum absolute atomic E-state index is 0. The Morgan fingerprint density at radius 1 is 0.348 bits per heavy atom. The van der Waals surface area contributed by atoms with E-state index in [9.17, 15) is 0 Å². The molecule has 0 nitrogen and oxygen atoms in total. The quantitative estimate of drug-likeness (QED) is 0.0444. The van der Waals surface area contributed by atoms with E-state index in [1.165, 1.54) is 90.9 Å². The zero-order valence-corrected chi connectivity index (χ0v) is 44.4. The first-order chi connectivity index (χ1) is 31.2. The summed E-state index contributed by atoms with van der Waals surface area (Å²) >= 11 is 0. The van der Waals surface area contributed by atoms with Crippen LogP contribution in [0.1, 0.15) is 73.9 Å². The van der Waals surface area contributed by atoms with Gasteiger partial charge in [0.2, 0.25) is 0 Å². The molecule has 8 aromatic carbocycles. The van der Waals surface area contributed by atoms with Crippen molar-refractivity contribution in [3.63, 3.8) is 0 Å². The Labute approximate surface area is 428 Å². The van der Waals surface area contributed by atoms with Crippen LogP contribution in [0.25, 0.3) is 22.3 Å². The summed E-state index contributed by atoms with van der Waals surface area (Å²) < 4.78 is 0. The second-order valence-electron chi connectivity index (χ2n) is 17.7. The molecule has 10 rings (SSSR count). The van der Waals surface area contributed by atoms with Gasteiger partial charge in [0, 0.05) is 10.8 Å². The van der Waals surface area contributed by atoms with Crippen LogP contribution in [-0.4, -0.2) is 12.3 Å². The SMILES string of the molecule is [Au+].[Au+].[C-]#Cc1ccc2c(c1)-c1ccccc1C2(C)C.[C-]#Cc1ccc2c(c1)-c1ccccc1C2(C)C.c1ccc([PH+](CCCC[PH+](c2ccccc2)c2ccccc2)c2ccccc2)cc1. The third-order valence-electron chi connectivity index (χ3n) is 13.0. The van der Waals surface area contributed by atoms with Crippen LogP contribution < -0.4 is 21.2 Å². The van der Waals surface area contributed by atoms with Crippen LogP contribution in [0.4, 0.5) is 0 Å². The van der Waals surface area contributed by atoms with Crippen molar-refractivity contribution in [1.29, 1.82) is 0 Å². The molecule has 0 N–H and O–H groups in total. The molecule has 0 fully saturated rings. The van der Waals surface area contributed by atoms with Gasteiger partial charge in [0.25, 0.3) is 0 Å². The van der Waals surface area contributed by atoms with Crippen molar-refractivity contribution < 1.29 is 44.8 Å². The van der Waals surface area contributed by atoms with Crippen molar-refractivity contribution in [2.45, 2.75) is 51.4 Å². The third kappa shape index (κ3) is 11.1. The molecule has 0 unspecified atom stereocenters. The maximum absolute atomic E-state index is 7.24. The number of fused-ring (bicyclic) bond motifs is 6. The van der Waals surface area contributed by atoms with E-state index in [4.69, 9.17) is 12.8 Å². The van der Waals surface area contributed by atoms with Crippen LogP contribution in [-0.2, 0) is 55.6 Å². The minimum atomic E-state index is -0.714. The van der Waals surface area contributed by atoms with Crippen molar-refractivity contribution in [2.75, 3.05) is 12.3 Å². The molecule has 2 aliphatic carbocycles. The molecule has 0 bridgehead atoms. The van der Waals surface area contributed by atoms with Gasteiger partial charge in [-0.15, -0.1) is 35.4 Å². The molecule has 0 radical (unpaired) electrons. The number of hydrogen-bond acceptors (Lipinski definition) is 0. The Bertz CT molecular complexity index is 2630. The van der Waals surface area contributed by atoms with E-state index >= 15 is 0 Å². The summed E-state index contributed by atoms with van der Waals surface area (Å²) in [4.78, 5) is 0. The van der Waals surface area contributed by atoms with Crippen LogP contribution in [0, 0.1) is 24.7 Å². The van der Waals surface area contributed by atoms with Crippen molar-refractivity contribution in [3.05, 3.63) is 252 Å². The average molecular weight is 1260 g/mol. The molecule has 0 saturated heterocycles. The monoisotopic (exact) mass is 1260 g/mol. The molecular formula is C62H56Au2P2+2. The number of unbranched alkanes of at least 4 members (excludes halogenated alkanes) is 1. The van der Waals surface area contributed by atoms with E-state index in [2.05, 4.69) is 234 Å². The van der Waals surface area contributed by atoms with Gasteiger partial charge in [0.15, 0.2) is 0 Å². The maximum Gasteiger partial charge on any atom is 1.00 e. The summed E-state index contributed by atoms with van der Waals surface area (Å²) in [5.41, 5.74) is 12.3. The first-order valence-electron chi connectivity index (χ1n) is 22.5. The number of benzene rings is 8. The van der Waals surface area contributed by atoms with Gasteiger partial charge in [-0.2, -0.15) is 0 Å².